The molecule has 2 aliphatic rings. The van der Waals surface area contributed by atoms with E-state index in [0.29, 0.717) is 24.2 Å². The molecule has 0 aromatic heterocycles. The third-order valence-corrected chi connectivity index (χ3v) is 4.18. The molecule has 0 radical (unpaired) electrons. The Hall–Kier alpha value is -0.120. The molecule has 0 aromatic carbocycles. The first-order chi connectivity index (χ1) is 7.19. The summed E-state index contributed by atoms with van der Waals surface area (Å²) in [4.78, 5) is 0. The van der Waals surface area contributed by atoms with Crippen LogP contribution in [0.2, 0.25) is 0 Å². The van der Waals surface area contributed by atoms with Crippen molar-refractivity contribution in [3.8, 4) is 0 Å². The summed E-state index contributed by atoms with van der Waals surface area (Å²) in [7, 11) is 1.72. The van der Waals surface area contributed by atoms with E-state index in [9.17, 15) is 0 Å². The lowest BCUT2D eigenvalue weighted by molar-refractivity contribution is -0.158. The van der Waals surface area contributed by atoms with Gasteiger partial charge in [-0.2, -0.15) is 0 Å². The van der Waals surface area contributed by atoms with Crippen LogP contribution in [0.1, 0.15) is 39.0 Å². The third-order valence-electron chi connectivity index (χ3n) is 4.18. The molecule has 0 aliphatic heterocycles. The van der Waals surface area contributed by atoms with Crippen LogP contribution in [0.4, 0.5) is 0 Å². The Morgan fingerprint density at radius 2 is 2.07 bits per heavy atom. The van der Waals surface area contributed by atoms with Crippen LogP contribution >= 0.6 is 0 Å². The zero-order chi connectivity index (χ0) is 10.9. The van der Waals surface area contributed by atoms with Crippen molar-refractivity contribution in [3.05, 3.63) is 0 Å². The maximum Gasteiger partial charge on any atom is 0.0784 e. The van der Waals surface area contributed by atoms with Gasteiger partial charge in [0.05, 0.1) is 18.8 Å². The predicted octanol–water partition coefficient (Wildman–Crippen LogP) is 1.70. The Bertz CT molecular complexity index is 214. The van der Waals surface area contributed by atoms with Crippen molar-refractivity contribution >= 4 is 0 Å². The van der Waals surface area contributed by atoms with Crippen LogP contribution in [-0.2, 0) is 9.47 Å². The first-order valence-electron chi connectivity index (χ1n) is 6.09. The van der Waals surface area contributed by atoms with Crippen molar-refractivity contribution in [1.82, 2.24) is 0 Å². The molecule has 0 aromatic rings. The second kappa shape index (κ2) is 4.40. The van der Waals surface area contributed by atoms with Gasteiger partial charge in [-0.25, -0.2) is 0 Å². The molecule has 2 N–H and O–H groups in total. The van der Waals surface area contributed by atoms with Crippen molar-refractivity contribution in [1.29, 1.82) is 0 Å². The van der Waals surface area contributed by atoms with Crippen LogP contribution in [0, 0.1) is 5.41 Å². The van der Waals surface area contributed by atoms with Gasteiger partial charge in [-0.3, -0.25) is 0 Å². The molecule has 0 amide bonds. The van der Waals surface area contributed by atoms with Crippen LogP contribution in [0.5, 0.6) is 0 Å². The highest BCUT2D eigenvalue weighted by molar-refractivity contribution is 5.08. The highest BCUT2D eigenvalue weighted by atomic mass is 16.5. The summed E-state index contributed by atoms with van der Waals surface area (Å²) in [5.41, 5.74) is 6.47. The molecule has 3 heteroatoms. The van der Waals surface area contributed by atoms with Crippen molar-refractivity contribution < 1.29 is 9.47 Å². The monoisotopic (exact) mass is 213 g/mol. The smallest absolute Gasteiger partial charge is 0.0784 e. The quantitative estimate of drug-likeness (QED) is 0.773. The zero-order valence-electron chi connectivity index (χ0n) is 9.87. The predicted molar refractivity (Wildman–Crippen MR) is 59.7 cm³/mol. The number of ether oxygens (including phenoxy) is 2. The van der Waals surface area contributed by atoms with E-state index in [4.69, 9.17) is 15.2 Å². The molecule has 2 rings (SSSR count). The Balaban J connectivity index is 1.88. The molecule has 0 saturated heterocycles. The average molecular weight is 213 g/mol. The number of nitrogens with two attached hydrogens (primary N) is 1. The number of hydrogen-bond acceptors (Lipinski definition) is 3. The fraction of sp³-hybridized carbons (Fsp3) is 1.00. The van der Waals surface area contributed by atoms with Gasteiger partial charge in [0, 0.05) is 18.6 Å². The fourth-order valence-corrected chi connectivity index (χ4v) is 3.25. The first kappa shape index (κ1) is 11.4. The van der Waals surface area contributed by atoms with Gasteiger partial charge < -0.3 is 15.2 Å². The summed E-state index contributed by atoms with van der Waals surface area (Å²) in [6.45, 7) is 2.76. The summed E-state index contributed by atoms with van der Waals surface area (Å²) in [5.74, 6) is 0. The van der Waals surface area contributed by atoms with Crippen molar-refractivity contribution in [2.24, 2.45) is 11.1 Å². The van der Waals surface area contributed by atoms with Gasteiger partial charge in [-0.1, -0.05) is 12.8 Å². The average Bonchev–Trinajstić information content (AvgIpc) is 2.69. The summed E-state index contributed by atoms with van der Waals surface area (Å²) in [6.07, 6.45) is 6.80. The van der Waals surface area contributed by atoms with Crippen LogP contribution in [0.15, 0.2) is 0 Å². The lowest BCUT2D eigenvalue weighted by atomic mass is 9.61. The molecule has 2 saturated carbocycles. The lowest BCUT2D eigenvalue weighted by Gasteiger charge is -2.53. The molecular weight excluding hydrogens is 190 g/mol. The Morgan fingerprint density at radius 3 is 2.60 bits per heavy atom. The van der Waals surface area contributed by atoms with E-state index >= 15 is 0 Å². The molecule has 2 aliphatic carbocycles. The summed E-state index contributed by atoms with van der Waals surface area (Å²) < 4.78 is 11.1. The molecule has 2 fully saturated rings. The molecule has 88 valence electrons. The minimum absolute atomic E-state index is 0.199. The molecular formula is C12H23NO2. The molecule has 0 bridgehead atoms. The van der Waals surface area contributed by atoms with Crippen molar-refractivity contribution in [2.75, 3.05) is 13.7 Å². The topological polar surface area (TPSA) is 44.5 Å². The maximum absolute atomic E-state index is 6.15. The van der Waals surface area contributed by atoms with E-state index in [1.54, 1.807) is 7.11 Å². The summed E-state index contributed by atoms with van der Waals surface area (Å²) in [6, 6.07) is 0.375. The molecule has 3 unspecified atom stereocenters. The van der Waals surface area contributed by atoms with E-state index in [0.717, 1.165) is 6.42 Å². The van der Waals surface area contributed by atoms with Gasteiger partial charge in [0.15, 0.2) is 0 Å². The zero-order valence-corrected chi connectivity index (χ0v) is 9.87. The second-order valence-corrected chi connectivity index (χ2v) is 5.17. The van der Waals surface area contributed by atoms with E-state index in [1.165, 1.54) is 25.7 Å². The number of methoxy groups -OCH3 is 1. The van der Waals surface area contributed by atoms with Gasteiger partial charge in [0.1, 0.15) is 0 Å². The van der Waals surface area contributed by atoms with E-state index in [-0.39, 0.29) is 6.10 Å². The fourth-order valence-electron chi connectivity index (χ4n) is 3.25. The third kappa shape index (κ3) is 1.93. The van der Waals surface area contributed by atoms with Gasteiger partial charge in [-0.05, 0) is 26.2 Å². The number of hydrogen-bond donors (Lipinski definition) is 1. The minimum atomic E-state index is 0.199. The van der Waals surface area contributed by atoms with E-state index < -0.39 is 0 Å². The summed E-state index contributed by atoms with van der Waals surface area (Å²) in [5, 5.41) is 0. The SMILES string of the molecule is COCC(C)OC1CC(N)C12CCCC2. The van der Waals surface area contributed by atoms with Crippen LogP contribution in [0.3, 0.4) is 0 Å². The molecule has 3 atom stereocenters. The highest BCUT2D eigenvalue weighted by Gasteiger charge is 2.55. The van der Waals surface area contributed by atoms with Gasteiger partial charge in [0.2, 0.25) is 0 Å². The molecule has 0 heterocycles. The minimum Gasteiger partial charge on any atom is -0.382 e. The van der Waals surface area contributed by atoms with Crippen molar-refractivity contribution in [2.45, 2.75) is 57.3 Å². The van der Waals surface area contributed by atoms with Crippen LogP contribution in [0.25, 0.3) is 0 Å². The van der Waals surface area contributed by atoms with Crippen LogP contribution < -0.4 is 5.73 Å². The first-order valence-corrected chi connectivity index (χ1v) is 6.09. The van der Waals surface area contributed by atoms with Gasteiger partial charge >= 0.3 is 0 Å². The summed E-state index contributed by atoms with van der Waals surface area (Å²) >= 11 is 0. The second-order valence-electron chi connectivity index (χ2n) is 5.17. The molecule has 1 spiro atoms. The Kier molecular flexibility index (Phi) is 3.33. The van der Waals surface area contributed by atoms with Crippen LogP contribution in [-0.4, -0.2) is 32.0 Å². The standard InChI is InChI=1S/C12H23NO2/c1-9(8-14-2)15-11-7-10(13)12(11)5-3-4-6-12/h9-11H,3-8,13H2,1-2H3. The highest BCUT2D eigenvalue weighted by Crippen LogP contribution is 2.54. The molecule has 15 heavy (non-hydrogen) atoms. The molecule has 3 nitrogen and oxygen atoms in total. The normalized spacial score (nSPS) is 35.4. The van der Waals surface area contributed by atoms with Gasteiger partial charge in [-0.15, -0.1) is 0 Å². The number of rotatable bonds is 4. The van der Waals surface area contributed by atoms with Crippen molar-refractivity contribution in [3.63, 3.8) is 0 Å². The van der Waals surface area contributed by atoms with E-state index in [1.807, 2.05) is 0 Å². The Labute approximate surface area is 92.3 Å². The van der Waals surface area contributed by atoms with Gasteiger partial charge in [0.25, 0.3) is 0 Å². The maximum atomic E-state index is 6.15. The Morgan fingerprint density at radius 1 is 1.40 bits per heavy atom. The largest absolute Gasteiger partial charge is 0.382 e. The lowest BCUT2D eigenvalue weighted by Crippen LogP contribution is -2.61. The van der Waals surface area contributed by atoms with E-state index in [2.05, 4.69) is 6.92 Å².